The maximum absolute atomic E-state index is 12.3. The summed E-state index contributed by atoms with van der Waals surface area (Å²) in [5.74, 6) is -0.477. The Bertz CT molecular complexity index is 1090. The van der Waals surface area contributed by atoms with Crippen molar-refractivity contribution in [2.45, 2.75) is 20.5 Å². The fraction of sp³-hybridized carbons (Fsp3) is 0.208. The van der Waals surface area contributed by atoms with Gasteiger partial charge in [0.1, 0.15) is 18.9 Å². The Kier molecular flexibility index (Phi) is 6.80. The van der Waals surface area contributed by atoms with Crippen molar-refractivity contribution in [2.24, 2.45) is 0 Å². The van der Waals surface area contributed by atoms with Gasteiger partial charge in [0, 0.05) is 16.7 Å². The van der Waals surface area contributed by atoms with Crippen LogP contribution in [0.5, 0.6) is 5.75 Å². The van der Waals surface area contributed by atoms with E-state index in [4.69, 9.17) is 9.47 Å². The fourth-order valence-corrected chi connectivity index (χ4v) is 3.00. The third-order valence-electron chi connectivity index (χ3n) is 4.56. The normalized spacial score (nSPS) is 10.5. The van der Waals surface area contributed by atoms with Crippen LogP contribution in [0.4, 0.5) is 0 Å². The van der Waals surface area contributed by atoms with Crippen molar-refractivity contribution in [3.05, 3.63) is 77.4 Å². The monoisotopic (exact) mass is 405 g/mol. The first kappa shape index (κ1) is 21.0. The minimum Gasteiger partial charge on any atom is -0.493 e. The van der Waals surface area contributed by atoms with Crippen LogP contribution in [-0.2, 0) is 16.1 Å². The van der Waals surface area contributed by atoms with Crippen molar-refractivity contribution in [2.75, 3.05) is 13.2 Å². The average Bonchev–Trinajstić information content (AvgIpc) is 2.76. The van der Waals surface area contributed by atoms with Crippen LogP contribution >= 0.6 is 0 Å². The molecular weight excluding hydrogens is 382 g/mol. The molecule has 1 amide bonds. The van der Waals surface area contributed by atoms with Crippen molar-refractivity contribution >= 4 is 28.4 Å². The summed E-state index contributed by atoms with van der Waals surface area (Å²) < 4.78 is 10.8. The number of carbonyl (C=O) groups is 3. The number of rotatable bonds is 8. The van der Waals surface area contributed by atoms with E-state index in [9.17, 15) is 14.4 Å². The van der Waals surface area contributed by atoms with E-state index in [-0.39, 0.29) is 24.8 Å². The summed E-state index contributed by atoms with van der Waals surface area (Å²) in [6.45, 7) is 3.44. The highest BCUT2D eigenvalue weighted by atomic mass is 16.5. The number of esters is 1. The lowest BCUT2D eigenvalue weighted by molar-refractivity contribution is -0.143. The van der Waals surface area contributed by atoms with Gasteiger partial charge in [0.2, 0.25) is 0 Å². The van der Waals surface area contributed by atoms with E-state index in [1.54, 1.807) is 30.3 Å². The van der Waals surface area contributed by atoms with E-state index in [0.29, 0.717) is 29.0 Å². The maximum Gasteiger partial charge on any atom is 0.325 e. The number of ketones is 1. The number of ether oxygens (including phenoxy) is 2. The van der Waals surface area contributed by atoms with Gasteiger partial charge in [-0.05, 0) is 55.0 Å². The molecule has 0 atom stereocenters. The number of fused-ring (bicyclic) bond motifs is 1. The largest absolute Gasteiger partial charge is 0.493 e. The van der Waals surface area contributed by atoms with Crippen LogP contribution in [0.25, 0.3) is 10.8 Å². The van der Waals surface area contributed by atoms with Crippen LogP contribution in [0, 0.1) is 0 Å². The van der Waals surface area contributed by atoms with E-state index >= 15 is 0 Å². The topological polar surface area (TPSA) is 81.7 Å². The number of hydrogen-bond acceptors (Lipinski definition) is 5. The summed E-state index contributed by atoms with van der Waals surface area (Å²) in [6, 6.07) is 18.1. The standard InChI is InChI=1S/C24H23NO5/c1-3-29-22-11-10-18(16(2)26)12-21(22)15-30-23(27)14-25-24(28)20-9-8-17-6-4-5-7-19(17)13-20/h4-13H,3,14-15H2,1-2H3,(H,25,28). The Hall–Kier alpha value is -3.67. The molecule has 0 unspecified atom stereocenters. The Labute approximate surface area is 174 Å². The molecule has 0 fully saturated rings. The summed E-state index contributed by atoms with van der Waals surface area (Å²) in [4.78, 5) is 36.1. The number of carbonyl (C=O) groups excluding carboxylic acids is 3. The summed E-state index contributed by atoms with van der Waals surface area (Å²) in [6.07, 6.45) is 0. The Morgan fingerprint density at radius 3 is 2.37 bits per heavy atom. The number of hydrogen-bond donors (Lipinski definition) is 1. The zero-order valence-electron chi connectivity index (χ0n) is 16.9. The van der Waals surface area contributed by atoms with E-state index < -0.39 is 5.97 Å². The molecule has 3 aromatic rings. The van der Waals surface area contributed by atoms with E-state index in [2.05, 4.69) is 5.32 Å². The Morgan fingerprint density at radius 1 is 0.900 bits per heavy atom. The van der Waals surface area contributed by atoms with Gasteiger partial charge >= 0.3 is 5.97 Å². The summed E-state index contributed by atoms with van der Waals surface area (Å²) in [5, 5.41) is 4.55. The van der Waals surface area contributed by atoms with Crippen molar-refractivity contribution in [1.29, 1.82) is 0 Å². The minimum absolute atomic E-state index is 0.0544. The van der Waals surface area contributed by atoms with Crippen LogP contribution in [-0.4, -0.2) is 30.8 Å². The van der Waals surface area contributed by atoms with E-state index in [0.717, 1.165) is 10.8 Å². The summed E-state index contributed by atoms with van der Waals surface area (Å²) >= 11 is 0. The highest BCUT2D eigenvalue weighted by Gasteiger charge is 2.13. The first-order valence-corrected chi connectivity index (χ1v) is 9.67. The molecule has 0 radical (unpaired) electrons. The summed E-state index contributed by atoms with van der Waals surface area (Å²) in [7, 11) is 0. The second-order valence-corrected chi connectivity index (χ2v) is 6.72. The van der Waals surface area contributed by atoms with E-state index in [1.807, 2.05) is 37.3 Å². The van der Waals surface area contributed by atoms with Gasteiger partial charge in [-0.3, -0.25) is 14.4 Å². The van der Waals surface area contributed by atoms with Crippen LogP contribution in [0.15, 0.2) is 60.7 Å². The lowest BCUT2D eigenvalue weighted by Gasteiger charge is -2.12. The third-order valence-corrected chi connectivity index (χ3v) is 4.56. The molecule has 0 spiro atoms. The molecular formula is C24H23NO5. The van der Waals surface area contributed by atoms with Gasteiger partial charge < -0.3 is 14.8 Å². The zero-order valence-corrected chi connectivity index (χ0v) is 16.9. The number of benzene rings is 3. The average molecular weight is 405 g/mol. The molecule has 0 saturated heterocycles. The molecule has 30 heavy (non-hydrogen) atoms. The van der Waals surface area contributed by atoms with Crippen LogP contribution in [0.2, 0.25) is 0 Å². The molecule has 6 heteroatoms. The second kappa shape index (κ2) is 9.69. The number of amides is 1. The summed E-state index contributed by atoms with van der Waals surface area (Å²) in [5.41, 5.74) is 1.57. The lowest BCUT2D eigenvalue weighted by Crippen LogP contribution is -2.30. The number of nitrogens with one attached hydrogen (secondary N) is 1. The predicted molar refractivity (Wildman–Crippen MR) is 114 cm³/mol. The smallest absolute Gasteiger partial charge is 0.325 e. The van der Waals surface area contributed by atoms with Gasteiger partial charge in [-0.1, -0.05) is 30.3 Å². The van der Waals surface area contributed by atoms with Gasteiger partial charge in [-0.15, -0.1) is 0 Å². The van der Waals surface area contributed by atoms with Crippen molar-refractivity contribution in [1.82, 2.24) is 5.32 Å². The lowest BCUT2D eigenvalue weighted by atomic mass is 10.1. The molecule has 3 aromatic carbocycles. The molecule has 0 bridgehead atoms. The SMILES string of the molecule is CCOc1ccc(C(C)=O)cc1COC(=O)CNC(=O)c1ccc2ccccc2c1. The first-order chi connectivity index (χ1) is 14.5. The highest BCUT2D eigenvalue weighted by Crippen LogP contribution is 2.22. The molecule has 0 heterocycles. The maximum atomic E-state index is 12.3. The van der Waals surface area contributed by atoms with Gasteiger partial charge in [-0.25, -0.2) is 0 Å². The number of Topliss-reactive ketones (excluding diaryl/α,β-unsaturated/α-hetero) is 1. The van der Waals surface area contributed by atoms with Crippen LogP contribution in [0.3, 0.4) is 0 Å². The van der Waals surface area contributed by atoms with Crippen molar-refractivity contribution < 1.29 is 23.9 Å². The zero-order chi connectivity index (χ0) is 21.5. The molecule has 3 rings (SSSR count). The molecule has 0 aliphatic heterocycles. The van der Waals surface area contributed by atoms with Gasteiger partial charge in [0.25, 0.3) is 5.91 Å². The first-order valence-electron chi connectivity index (χ1n) is 9.67. The van der Waals surface area contributed by atoms with E-state index in [1.165, 1.54) is 6.92 Å². The quantitative estimate of drug-likeness (QED) is 0.454. The third kappa shape index (κ3) is 5.23. The molecule has 0 aromatic heterocycles. The van der Waals surface area contributed by atoms with Gasteiger partial charge in [-0.2, -0.15) is 0 Å². The van der Waals surface area contributed by atoms with Gasteiger partial charge in [0.15, 0.2) is 5.78 Å². The van der Waals surface area contributed by atoms with Crippen molar-refractivity contribution in [3.63, 3.8) is 0 Å². The predicted octanol–water partition coefficient (Wildman–Crippen LogP) is 3.91. The molecule has 0 aliphatic rings. The molecule has 0 saturated carbocycles. The molecule has 6 nitrogen and oxygen atoms in total. The minimum atomic E-state index is -0.584. The fourth-order valence-electron chi connectivity index (χ4n) is 3.00. The molecule has 154 valence electrons. The Balaban J connectivity index is 1.58. The highest BCUT2D eigenvalue weighted by molar-refractivity contribution is 5.99. The molecule has 0 aliphatic carbocycles. The Morgan fingerprint density at radius 2 is 1.63 bits per heavy atom. The van der Waals surface area contributed by atoms with Crippen LogP contribution < -0.4 is 10.1 Å². The van der Waals surface area contributed by atoms with Gasteiger partial charge in [0.05, 0.1) is 6.61 Å². The van der Waals surface area contributed by atoms with Crippen LogP contribution in [0.1, 0.15) is 40.1 Å². The second-order valence-electron chi connectivity index (χ2n) is 6.72. The van der Waals surface area contributed by atoms with Crippen molar-refractivity contribution in [3.8, 4) is 5.75 Å². The molecule has 1 N–H and O–H groups in total.